The molecule has 0 amide bonds. The van der Waals surface area contributed by atoms with Gasteiger partial charge < -0.3 is 5.11 Å². The van der Waals surface area contributed by atoms with Crippen LogP contribution in [-0.2, 0) is 16.6 Å². The van der Waals surface area contributed by atoms with E-state index in [9.17, 15) is 4.79 Å². The third-order valence-corrected chi connectivity index (χ3v) is 3.43. The summed E-state index contributed by atoms with van der Waals surface area (Å²) in [5.74, 6) is -0.929. The molecule has 0 fully saturated rings. The van der Waals surface area contributed by atoms with Crippen LogP contribution in [0.4, 0.5) is 0 Å². The van der Waals surface area contributed by atoms with Gasteiger partial charge in [0.2, 0.25) is 0 Å². The second-order valence-electron chi connectivity index (χ2n) is 7.40. The molecule has 1 aromatic carbocycles. The lowest BCUT2D eigenvalue weighted by molar-refractivity contribution is -0.132. The lowest BCUT2D eigenvalue weighted by Gasteiger charge is -2.33. The van der Waals surface area contributed by atoms with E-state index >= 15 is 0 Å². The molecule has 0 unspecified atom stereocenters. The molecule has 0 aliphatic heterocycles. The smallest absolute Gasteiger partial charge is 0.331 e. The van der Waals surface area contributed by atoms with Crippen LogP contribution in [0.2, 0.25) is 0 Å². The highest BCUT2D eigenvalue weighted by Crippen LogP contribution is 2.36. The number of rotatable bonds is 5. The summed E-state index contributed by atoms with van der Waals surface area (Å²) >= 11 is 0. The van der Waals surface area contributed by atoms with Gasteiger partial charge in [0.1, 0.15) is 0 Å². The molecule has 1 N–H and O–H groups in total. The van der Waals surface area contributed by atoms with Gasteiger partial charge in [0, 0.05) is 12.0 Å². The van der Waals surface area contributed by atoms with E-state index in [0.29, 0.717) is 6.42 Å². The monoisotopic (exact) mass is 274 g/mol. The molecular weight excluding hydrogens is 248 g/mol. The van der Waals surface area contributed by atoms with Crippen LogP contribution in [0.5, 0.6) is 0 Å². The number of carboxylic acid groups (broad SMARTS) is 1. The van der Waals surface area contributed by atoms with Crippen molar-refractivity contribution in [1.82, 2.24) is 0 Å². The summed E-state index contributed by atoms with van der Waals surface area (Å²) in [6, 6.07) is 8.23. The van der Waals surface area contributed by atoms with Crippen molar-refractivity contribution in [2.75, 3.05) is 0 Å². The summed E-state index contributed by atoms with van der Waals surface area (Å²) in [7, 11) is 0. The highest BCUT2D eigenvalue weighted by molar-refractivity contribution is 5.86. The SMILES string of the molecule is C=C(Cc1ccc(C(C)(C)CC(C)(C)C)cc1)C(=O)O. The van der Waals surface area contributed by atoms with Crippen molar-refractivity contribution in [2.24, 2.45) is 5.41 Å². The van der Waals surface area contributed by atoms with E-state index in [1.807, 2.05) is 12.1 Å². The van der Waals surface area contributed by atoms with E-state index in [4.69, 9.17) is 5.11 Å². The van der Waals surface area contributed by atoms with Crippen LogP contribution in [0.3, 0.4) is 0 Å². The quantitative estimate of drug-likeness (QED) is 0.798. The highest BCUT2D eigenvalue weighted by Gasteiger charge is 2.27. The molecule has 0 spiro atoms. The largest absolute Gasteiger partial charge is 0.478 e. The molecule has 2 heteroatoms. The fourth-order valence-electron chi connectivity index (χ4n) is 2.82. The molecule has 0 bridgehead atoms. The Morgan fingerprint density at radius 3 is 2.00 bits per heavy atom. The topological polar surface area (TPSA) is 37.3 Å². The van der Waals surface area contributed by atoms with Gasteiger partial charge in [-0.1, -0.05) is 65.5 Å². The maximum absolute atomic E-state index is 10.8. The zero-order chi connectivity index (χ0) is 15.6. The first-order chi connectivity index (χ1) is 9.01. The molecular formula is C18H26O2. The summed E-state index contributed by atoms with van der Waals surface area (Å²) in [6.07, 6.45) is 1.50. The highest BCUT2D eigenvalue weighted by atomic mass is 16.4. The van der Waals surface area contributed by atoms with Gasteiger partial charge >= 0.3 is 5.97 Å². The first-order valence-corrected chi connectivity index (χ1v) is 7.02. The summed E-state index contributed by atoms with van der Waals surface area (Å²) in [5.41, 5.74) is 2.90. The molecule has 0 saturated heterocycles. The lowest BCUT2D eigenvalue weighted by atomic mass is 9.72. The van der Waals surface area contributed by atoms with Gasteiger partial charge in [0.25, 0.3) is 0 Å². The van der Waals surface area contributed by atoms with E-state index in [0.717, 1.165) is 12.0 Å². The summed E-state index contributed by atoms with van der Waals surface area (Å²) < 4.78 is 0. The Balaban J connectivity index is 2.85. The molecule has 1 rings (SSSR count). The standard InChI is InChI=1S/C18H26O2/c1-13(16(19)20)11-14-7-9-15(10-8-14)18(5,6)12-17(2,3)4/h7-10H,1,11-12H2,2-6H3,(H,19,20). The molecule has 0 heterocycles. The first kappa shape index (κ1) is 16.5. The third-order valence-electron chi connectivity index (χ3n) is 3.43. The van der Waals surface area contributed by atoms with Crippen LogP contribution in [0.15, 0.2) is 36.4 Å². The lowest BCUT2D eigenvalue weighted by Crippen LogP contribution is -2.24. The Morgan fingerprint density at radius 2 is 1.60 bits per heavy atom. The van der Waals surface area contributed by atoms with Crippen molar-refractivity contribution in [3.05, 3.63) is 47.5 Å². The predicted molar refractivity (Wildman–Crippen MR) is 84.0 cm³/mol. The van der Waals surface area contributed by atoms with Gasteiger partial charge in [-0.25, -0.2) is 4.79 Å². The van der Waals surface area contributed by atoms with Gasteiger partial charge in [-0.3, -0.25) is 0 Å². The maximum Gasteiger partial charge on any atom is 0.331 e. The number of hydrogen-bond donors (Lipinski definition) is 1. The van der Waals surface area contributed by atoms with Crippen molar-refractivity contribution in [3.8, 4) is 0 Å². The molecule has 1 aromatic rings. The molecule has 110 valence electrons. The van der Waals surface area contributed by atoms with E-state index in [1.165, 1.54) is 5.56 Å². The molecule has 0 aliphatic carbocycles. The Morgan fingerprint density at radius 1 is 1.10 bits per heavy atom. The van der Waals surface area contributed by atoms with Crippen LogP contribution in [-0.4, -0.2) is 11.1 Å². The second-order valence-corrected chi connectivity index (χ2v) is 7.40. The Kier molecular flexibility index (Phi) is 4.80. The van der Waals surface area contributed by atoms with Crippen LogP contribution in [0, 0.1) is 5.41 Å². The molecule has 0 aromatic heterocycles. The molecule has 20 heavy (non-hydrogen) atoms. The number of carbonyl (C=O) groups is 1. The zero-order valence-electron chi connectivity index (χ0n) is 13.3. The number of aliphatic carboxylic acids is 1. The van der Waals surface area contributed by atoms with Crippen molar-refractivity contribution in [2.45, 2.75) is 52.9 Å². The minimum absolute atomic E-state index is 0.112. The predicted octanol–water partition coefficient (Wildman–Crippen LogP) is 4.58. The van der Waals surface area contributed by atoms with Crippen molar-refractivity contribution in [1.29, 1.82) is 0 Å². The van der Waals surface area contributed by atoms with Crippen LogP contribution in [0.25, 0.3) is 0 Å². The van der Waals surface area contributed by atoms with E-state index < -0.39 is 5.97 Å². The fraction of sp³-hybridized carbons (Fsp3) is 0.500. The van der Waals surface area contributed by atoms with Crippen molar-refractivity contribution < 1.29 is 9.90 Å². The maximum atomic E-state index is 10.8. The number of hydrogen-bond acceptors (Lipinski definition) is 1. The van der Waals surface area contributed by atoms with Gasteiger partial charge in [-0.2, -0.15) is 0 Å². The normalized spacial score (nSPS) is 12.2. The molecule has 2 nitrogen and oxygen atoms in total. The van der Waals surface area contributed by atoms with Gasteiger partial charge in [-0.15, -0.1) is 0 Å². The summed E-state index contributed by atoms with van der Waals surface area (Å²) in [4.78, 5) is 10.8. The molecule has 0 aliphatic rings. The minimum atomic E-state index is -0.929. The van der Waals surface area contributed by atoms with Crippen LogP contribution < -0.4 is 0 Å². The van der Waals surface area contributed by atoms with Crippen molar-refractivity contribution >= 4 is 5.97 Å². The summed E-state index contributed by atoms with van der Waals surface area (Å²) in [5, 5.41) is 8.86. The average Bonchev–Trinajstić information content (AvgIpc) is 2.26. The molecule has 0 atom stereocenters. The Bertz CT molecular complexity index is 487. The number of carboxylic acids is 1. The fourth-order valence-corrected chi connectivity index (χ4v) is 2.82. The van der Waals surface area contributed by atoms with Crippen LogP contribution in [0.1, 0.15) is 52.2 Å². The average molecular weight is 274 g/mol. The second kappa shape index (κ2) is 5.82. The van der Waals surface area contributed by atoms with E-state index in [2.05, 4.69) is 53.3 Å². The minimum Gasteiger partial charge on any atom is -0.478 e. The number of benzene rings is 1. The third kappa shape index (κ3) is 4.84. The first-order valence-electron chi connectivity index (χ1n) is 7.02. The van der Waals surface area contributed by atoms with Gasteiger partial charge in [0.05, 0.1) is 0 Å². The van der Waals surface area contributed by atoms with Gasteiger partial charge in [0.15, 0.2) is 0 Å². The Hall–Kier alpha value is -1.57. The van der Waals surface area contributed by atoms with Crippen LogP contribution >= 0.6 is 0 Å². The molecule has 0 saturated carbocycles. The summed E-state index contributed by atoms with van der Waals surface area (Å²) in [6.45, 7) is 14.8. The van der Waals surface area contributed by atoms with E-state index in [-0.39, 0.29) is 16.4 Å². The van der Waals surface area contributed by atoms with E-state index in [1.54, 1.807) is 0 Å². The van der Waals surface area contributed by atoms with Crippen molar-refractivity contribution in [3.63, 3.8) is 0 Å². The Labute approximate surface area is 122 Å². The molecule has 0 radical (unpaired) electrons. The van der Waals surface area contributed by atoms with Gasteiger partial charge in [-0.05, 0) is 28.4 Å². The zero-order valence-corrected chi connectivity index (χ0v) is 13.3.